The van der Waals surface area contributed by atoms with Gasteiger partial charge in [0.1, 0.15) is 17.3 Å². The SMILES string of the molecule is COc1ccccc1C(=O)N(Cc1c(-c2ccc(F)cc2)noc1N1CCOCC1)CC1CC1. The molecule has 1 aliphatic heterocycles. The maximum absolute atomic E-state index is 13.7. The molecule has 1 aromatic heterocycles. The third kappa shape index (κ3) is 4.77. The summed E-state index contributed by atoms with van der Waals surface area (Å²) in [5.74, 6) is 1.26. The number of methoxy groups -OCH3 is 1. The van der Waals surface area contributed by atoms with Crippen molar-refractivity contribution in [2.75, 3.05) is 44.9 Å². The Labute approximate surface area is 198 Å². The Morgan fingerprint density at radius 1 is 1.15 bits per heavy atom. The molecule has 1 amide bonds. The van der Waals surface area contributed by atoms with E-state index in [1.54, 1.807) is 31.4 Å². The first-order valence-electron chi connectivity index (χ1n) is 11.6. The summed E-state index contributed by atoms with van der Waals surface area (Å²) in [4.78, 5) is 17.7. The predicted molar refractivity (Wildman–Crippen MR) is 125 cm³/mol. The molecule has 1 saturated carbocycles. The number of nitrogens with zero attached hydrogens (tertiary/aromatic N) is 3. The third-order valence-corrected chi connectivity index (χ3v) is 6.33. The van der Waals surface area contributed by atoms with Crippen LogP contribution in [0, 0.1) is 11.7 Å². The van der Waals surface area contributed by atoms with Crippen molar-refractivity contribution in [3.63, 3.8) is 0 Å². The molecule has 0 bridgehead atoms. The molecule has 3 aromatic rings. The number of halogens is 1. The van der Waals surface area contributed by atoms with Crippen LogP contribution in [0.4, 0.5) is 10.3 Å². The van der Waals surface area contributed by atoms with Crippen molar-refractivity contribution in [3.8, 4) is 17.0 Å². The zero-order chi connectivity index (χ0) is 23.5. The molecule has 2 aliphatic rings. The lowest BCUT2D eigenvalue weighted by atomic mass is 10.1. The first kappa shape index (κ1) is 22.4. The van der Waals surface area contributed by atoms with E-state index in [0.29, 0.717) is 68.2 Å². The second-order valence-corrected chi connectivity index (χ2v) is 8.75. The lowest BCUT2D eigenvalue weighted by Crippen LogP contribution is -2.37. The molecule has 2 fully saturated rings. The Morgan fingerprint density at radius 2 is 1.88 bits per heavy atom. The van der Waals surface area contributed by atoms with Gasteiger partial charge in [-0.15, -0.1) is 0 Å². The quantitative estimate of drug-likeness (QED) is 0.492. The van der Waals surface area contributed by atoms with Gasteiger partial charge in [0.2, 0.25) is 5.88 Å². The molecule has 2 heterocycles. The lowest BCUT2D eigenvalue weighted by molar-refractivity contribution is 0.0731. The van der Waals surface area contributed by atoms with Gasteiger partial charge in [-0.05, 0) is 55.2 Å². The van der Waals surface area contributed by atoms with Crippen molar-refractivity contribution in [3.05, 3.63) is 65.5 Å². The van der Waals surface area contributed by atoms with E-state index in [-0.39, 0.29) is 11.7 Å². The smallest absolute Gasteiger partial charge is 0.257 e. The zero-order valence-corrected chi connectivity index (χ0v) is 19.2. The average molecular weight is 466 g/mol. The molecular formula is C26H28FN3O4. The van der Waals surface area contributed by atoms with Crippen molar-refractivity contribution in [2.24, 2.45) is 5.92 Å². The van der Waals surface area contributed by atoms with Crippen LogP contribution in [0.3, 0.4) is 0 Å². The minimum absolute atomic E-state index is 0.0940. The van der Waals surface area contributed by atoms with Gasteiger partial charge < -0.3 is 23.8 Å². The Morgan fingerprint density at radius 3 is 2.59 bits per heavy atom. The second-order valence-electron chi connectivity index (χ2n) is 8.75. The highest BCUT2D eigenvalue weighted by Crippen LogP contribution is 2.36. The van der Waals surface area contributed by atoms with Gasteiger partial charge in [0.15, 0.2) is 0 Å². The molecule has 1 aliphatic carbocycles. The van der Waals surface area contributed by atoms with Crippen LogP contribution < -0.4 is 9.64 Å². The molecule has 5 rings (SSSR count). The number of aromatic nitrogens is 1. The van der Waals surface area contributed by atoms with Crippen LogP contribution in [0.15, 0.2) is 53.1 Å². The number of hydrogen-bond donors (Lipinski definition) is 0. The van der Waals surface area contributed by atoms with Crippen molar-refractivity contribution >= 4 is 11.8 Å². The van der Waals surface area contributed by atoms with E-state index in [2.05, 4.69) is 10.1 Å². The van der Waals surface area contributed by atoms with E-state index in [9.17, 15) is 9.18 Å². The van der Waals surface area contributed by atoms with Crippen LogP contribution >= 0.6 is 0 Å². The summed E-state index contributed by atoms with van der Waals surface area (Å²) in [7, 11) is 1.57. The molecule has 1 saturated heterocycles. The van der Waals surface area contributed by atoms with Gasteiger partial charge in [0.05, 0.1) is 38.0 Å². The fourth-order valence-electron chi connectivity index (χ4n) is 4.31. The van der Waals surface area contributed by atoms with Crippen molar-refractivity contribution in [1.29, 1.82) is 0 Å². The Hall–Kier alpha value is -3.39. The third-order valence-electron chi connectivity index (χ3n) is 6.33. The first-order valence-corrected chi connectivity index (χ1v) is 11.6. The summed E-state index contributed by atoms with van der Waals surface area (Å²) in [6, 6.07) is 13.5. The van der Waals surface area contributed by atoms with Gasteiger partial charge in [0, 0.05) is 25.2 Å². The highest BCUT2D eigenvalue weighted by Gasteiger charge is 2.32. The van der Waals surface area contributed by atoms with E-state index in [1.807, 2.05) is 17.0 Å². The average Bonchev–Trinajstić information content (AvgIpc) is 3.61. The number of benzene rings is 2. The number of amides is 1. The Bertz CT molecular complexity index is 1140. The molecule has 178 valence electrons. The summed E-state index contributed by atoms with van der Waals surface area (Å²) in [5, 5.41) is 4.36. The van der Waals surface area contributed by atoms with Gasteiger partial charge in [0.25, 0.3) is 5.91 Å². The topological polar surface area (TPSA) is 68.0 Å². The molecule has 0 radical (unpaired) electrons. The number of anilines is 1. The molecule has 2 aromatic carbocycles. The Balaban J connectivity index is 1.53. The number of carbonyl (C=O) groups excluding carboxylic acids is 1. The Kier molecular flexibility index (Phi) is 6.49. The largest absolute Gasteiger partial charge is 0.496 e. The maximum atomic E-state index is 13.7. The lowest BCUT2D eigenvalue weighted by Gasteiger charge is -2.28. The monoisotopic (exact) mass is 465 g/mol. The van der Waals surface area contributed by atoms with Gasteiger partial charge in [-0.2, -0.15) is 0 Å². The fraction of sp³-hybridized carbons (Fsp3) is 0.385. The first-order chi connectivity index (χ1) is 16.6. The number of carbonyl (C=O) groups is 1. The van der Waals surface area contributed by atoms with Crippen LogP contribution in [0.1, 0.15) is 28.8 Å². The molecule has 8 heteroatoms. The maximum Gasteiger partial charge on any atom is 0.257 e. The zero-order valence-electron chi connectivity index (χ0n) is 19.2. The van der Waals surface area contributed by atoms with E-state index >= 15 is 0 Å². The van der Waals surface area contributed by atoms with Crippen LogP contribution in [-0.2, 0) is 11.3 Å². The van der Waals surface area contributed by atoms with Crippen LogP contribution in [0.5, 0.6) is 5.75 Å². The molecule has 0 N–H and O–H groups in total. The molecule has 7 nitrogen and oxygen atoms in total. The van der Waals surface area contributed by atoms with Crippen LogP contribution in [-0.4, -0.2) is 55.9 Å². The predicted octanol–water partition coefficient (Wildman–Crippen LogP) is 4.38. The van der Waals surface area contributed by atoms with Gasteiger partial charge in [-0.25, -0.2) is 4.39 Å². The van der Waals surface area contributed by atoms with E-state index in [1.165, 1.54) is 12.1 Å². The molecule has 0 atom stereocenters. The summed E-state index contributed by atoms with van der Waals surface area (Å²) in [6.45, 7) is 3.52. The summed E-state index contributed by atoms with van der Waals surface area (Å²) in [5.41, 5.74) is 2.71. The van der Waals surface area contributed by atoms with E-state index in [0.717, 1.165) is 24.0 Å². The standard InChI is InChI=1S/C26H28FN3O4/c1-32-23-5-3-2-4-21(23)25(31)30(16-18-6-7-18)17-22-24(19-8-10-20(27)11-9-19)28-34-26(22)29-12-14-33-15-13-29/h2-5,8-11,18H,6-7,12-17H2,1H3. The molecular weight excluding hydrogens is 437 g/mol. The number of morpholine rings is 1. The molecule has 34 heavy (non-hydrogen) atoms. The molecule has 0 unspecified atom stereocenters. The summed E-state index contributed by atoms with van der Waals surface area (Å²) in [6.07, 6.45) is 2.22. The van der Waals surface area contributed by atoms with E-state index < -0.39 is 0 Å². The summed E-state index contributed by atoms with van der Waals surface area (Å²) < 4.78 is 30.4. The van der Waals surface area contributed by atoms with Gasteiger partial charge >= 0.3 is 0 Å². The van der Waals surface area contributed by atoms with Crippen molar-refractivity contribution < 1.29 is 23.2 Å². The van der Waals surface area contributed by atoms with Gasteiger partial charge in [-0.3, -0.25) is 4.79 Å². The minimum atomic E-state index is -0.316. The van der Waals surface area contributed by atoms with Gasteiger partial charge in [-0.1, -0.05) is 17.3 Å². The second kappa shape index (κ2) is 9.85. The normalized spacial score (nSPS) is 15.9. The minimum Gasteiger partial charge on any atom is -0.496 e. The summed E-state index contributed by atoms with van der Waals surface area (Å²) >= 11 is 0. The van der Waals surface area contributed by atoms with Crippen molar-refractivity contribution in [1.82, 2.24) is 10.1 Å². The van der Waals surface area contributed by atoms with Crippen LogP contribution in [0.2, 0.25) is 0 Å². The van der Waals surface area contributed by atoms with Crippen molar-refractivity contribution in [2.45, 2.75) is 19.4 Å². The molecule has 0 spiro atoms. The highest BCUT2D eigenvalue weighted by atomic mass is 19.1. The van der Waals surface area contributed by atoms with Crippen LogP contribution in [0.25, 0.3) is 11.3 Å². The fourth-order valence-corrected chi connectivity index (χ4v) is 4.31. The highest BCUT2D eigenvalue weighted by molar-refractivity contribution is 5.97. The number of para-hydroxylation sites is 1. The van der Waals surface area contributed by atoms with E-state index in [4.69, 9.17) is 14.0 Å². The number of ether oxygens (including phenoxy) is 2. The number of hydrogen-bond acceptors (Lipinski definition) is 6. The number of rotatable bonds is 8.